The lowest BCUT2D eigenvalue weighted by molar-refractivity contribution is -0.137. The molecule has 0 aliphatic heterocycles. The van der Waals surface area contributed by atoms with Crippen LogP contribution < -0.4 is 5.32 Å². The minimum Gasteiger partial charge on any atom is -0.347 e. The summed E-state index contributed by atoms with van der Waals surface area (Å²) in [5, 5.41) is 2.59. The van der Waals surface area contributed by atoms with Crippen LogP contribution in [-0.2, 0) is 22.3 Å². The second-order valence-electron chi connectivity index (χ2n) is 5.89. The molecule has 0 fully saturated rings. The van der Waals surface area contributed by atoms with Gasteiger partial charge in [0.15, 0.2) is 0 Å². The van der Waals surface area contributed by atoms with Gasteiger partial charge in [0.05, 0.1) is 12.1 Å². The number of halogens is 3. The van der Waals surface area contributed by atoms with E-state index in [1.165, 1.54) is 17.0 Å². The van der Waals surface area contributed by atoms with E-state index < -0.39 is 17.8 Å². The largest absolute Gasteiger partial charge is 0.416 e. The van der Waals surface area contributed by atoms with Crippen LogP contribution in [0.15, 0.2) is 24.3 Å². The predicted molar refractivity (Wildman–Crippen MR) is 84.1 cm³/mol. The summed E-state index contributed by atoms with van der Waals surface area (Å²) in [6, 6.07) is 4.17. The van der Waals surface area contributed by atoms with Crippen molar-refractivity contribution < 1.29 is 22.8 Å². The van der Waals surface area contributed by atoms with Gasteiger partial charge < -0.3 is 10.2 Å². The molecule has 0 spiro atoms. The maximum absolute atomic E-state index is 12.5. The molecule has 1 aromatic carbocycles. The number of carbonyl (C=O) groups is 2. The Kier molecular flexibility index (Phi) is 6.77. The Morgan fingerprint density at radius 2 is 1.67 bits per heavy atom. The molecule has 0 bridgehead atoms. The van der Waals surface area contributed by atoms with Crippen LogP contribution in [0.25, 0.3) is 0 Å². The van der Waals surface area contributed by atoms with Crippen molar-refractivity contribution >= 4 is 11.8 Å². The molecule has 2 amide bonds. The average Bonchev–Trinajstić information content (AvgIpc) is 2.45. The molecular weight excluding hydrogens is 323 g/mol. The first-order valence-electron chi connectivity index (χ1n) is 7.36. The lowest BCUT2D eigenvalue weighted by atomic mass is 10.1. The Bertz CT molecular complexity index is 571. The van der Waals surface area contributed by atoms with Gasteiger partial charge in [0.1, 0.15) is 6.04 Å². The van der Waals surface area contributed by atoms with E-state index in [-0.39, 0.29) is 18.4 Å². The third-order valence-corrected chi connectivity index (χ3v) is 3.34. The monoisotopic (exact) mass is 345 g/mol. The van der Waals surface area contributed by atoms with Crippen LogP contribution in [0.5, 0.6) is 0 Å². The highest BCUT2D eigenvalue weighted by Gasteiger charge is 2.29. The molecule has 24 heavy (non-hydrogen) atoms. The fraction of sp³-hybridized carbons (Fsp3) is 0.500. The van der Waals surface area contributed by atoms with E-state index in [2.05, 4.69) is 5.32 Å². The highest BCUT2D eigenvalue weighted by Crippen LogP contribution is 2.29. The predicted octanol–water partition coefficient (Wildman–Crippen LogP) is 1.73. The molecule has 0 aromatic heterocycles. The van der Waals surface area contributed by atoms with Gasteiger partial charge in [-0.15, -0.1) is 0 Å². The highest BCUT2D eigenvalue weighted by molar-refractivity contribution is 5.87. The fourth-order valence-corrected chi connectivity index (χ4v) is 2.15. The summed E-state index contributed by atoms with van der Waals surface area (Å²) in [6.45, 7) is 1.95. The fourth-order valence-electron chi connectivity index (χ4n) is 2.15. The summed E-state index contributed by atoms with van der Waals surface area (Å²) in [6.07, 6.45) is -4.36. The van der Waals surface area contributed by atoms with E-state index in [4.69, 9.17) is 0 Å². The van der Waals surface area contributed by atoms with Crippen LogP contribution in [0, 0.1) is 0 Å². The topological polar surface area (TPSA) is 52.7 Å². The summed E-state index contributed by atoms with van der Waals surface area (Å²) in [5.41, 5.74) is -0.0432. The van der Waals surface area contributed by atoms with Crippen molar-refractivity contribution in [1.29, 1.82) is 0 Å². The third-order valence-electron chi connectivity index (χ3n) is 3.34. The third kappa shape index (κ3) is 6.19. The van der Waals surface area contributed by atoms with Gasteiger partial charge >= 0.3 is 6.18 Å². The number of likely N-dealkylation sites (N-methyl/N-ethyl adjacent to an activating group) is 2. The minimum absolute atomic E-state index is 0.0338. The van der Waals surface area contributed by atoms with Crippen LogP contribution in [0.1, 0.15) is 18.1 Å². The molecule has 1 atom stereocenters. The molecule has 0 saturated carbocycles. The lowest BCUT2D eigenvalue weighted by Crippen LogP contribution is -2.47. The molecular formula is C16H22F3N3O2. The van der Waals surface area contributed by atoms with E-state index in [1.54, 1.807) is 33.0 Å². The van der Waals surface area contributed by atoms with Crippen LogP contribution >= 0.6 is 0 Å². The molecule has 0 saturated heterocycles. The van der Waals surface area contributed by atoms with Crippen LogP contribution in [-0.4, -0.2) is 55.3 Å². The number of benzene rings is 1. The van der Waals surface area contributed by atoms with Crippen molar-refractivity contribution in [3.63, 3.8) is 0 Å². The second kappa shape index (κ2) is 8.14. The van der Waals surface area contributed by atoms with Crippen molar-refractivity contribution in [1.82, 2.24) is 15.1 Å². The molecule has 134 valence electrons. The van der Waals surface area contributed by atoms with Gasteiger partial charge in [-0.3, -0.25) is 14.5 Å². The van der Waals surface area contributed by atoms with Crippen molar-refractivity contribution in [2.24, 2.45) is 0 Å². The summed E-state index contributed by atoms with van der Waals surface area (Å²) < 4.78 is 37.5. The molecule has 8 heteroatoms. The van der Waals surface area contributed by atoms with Gasteiger partial charge in [0, 0.05) is 20.6 Å². The number of amides is 2. The smallest absolute Gasteiger partial charge is 0.347 e. The van der Waals surface area contributed by atoms with Gasteiger partial charge in [-0.2, -0.15) is 13.2 Å². The number of carbonyl (C=O) groups excluding carboxylic acids is 2. The number of nitrogens with zero attached hydrogens (tertiary/aromatic N) is 2. The van der Waals surface area contributed by atoms with Gasteiger partial charge in [-0.25, -0.2) is 0 Å². The Hall–Kier alpha value is -2.09. The number of rotatable bonds is 6. The molecule has 1 N–H and O–H groups in total. The summed E-state index contributed by atoms with van der Waals surface area (Å²) in [7, 11) is 4.87. The maximum Gasteiger partial charge on any atom is 0.416 e. The van der Waals surface area contributed by atoms with E-state index >= 15 is 0 Å². The van der Waals surface area contributed by atoms with Gasteiger partial charge in [0.2, 0.25) is 11.8 Å². The average molecular weight is 345 g/mol. The van der Waals surface area contributed by atoms with Crippen molar-refractivity contribution in [3.05, 3.63) is 35.4 Å². The first-order valence-corrected chi connectivity index (χ1v) is 7.36. The van der Waals surface area contributed by atoms with Crippen LogP contribution in [0.3, 0.4) is 0 Å². The second-order valence-corrected chi connectivity index (χ2v) is 5.89. The number of hydrogen-bond donors (Lipinski definition) is 1. The normalized spacial score (nSPS) is 12.8. The van der Waals surface area contributed by atoms with Crippen molar-refractivity contribution in [3.8, 4) is 0 Å². The van der Waals surface area contributed by atoms with Crippen LogP contribution in [0.4, 0.5) is 13.2 Å². The zero-order chi connectivity index (χ0) is 18.5. The standard InChI is InChI=1S/C16H22F3N3O2/c1-11(15(24)21(2)3)20-14(23)10-22(4)9-12-5-7-13(8-6-12)16(17,18)19/h5-8,11H,9-10H2,1-4H3,(H,20,23). The zero-order valence-corrected chi connectivity index (χ0v) is 14.1. The number of alkyl halides is 3. The lowest BCUT2D eigenvalue weighted by Gasteiger charge is -2.21. The van der Waals surface area contributed by atoms with E-state index in [9.17, 15) is 22.8 Å². The molecule has 5 nitrogen and oxygen atoms in total. The quantitative estimate of drug-likeness (QED) is 0.854. The Morgan fingerprint density at radius 1 is 1.12 bits per heavy atom. The molecule has 0 aliphatic carbocycles. The maximum atomic E-state index is 12.5. The zero-order valence-electron chi connectivity index (χ0n) is 14.1. The van der Waals surface area contributed by atoms with Gasteiger partial charge in [-0.05, 0) is 31.7 Å². The summed E-state index contributed by atoms with van der Waals surface area (Å²) >= 11 is 0. The van der Waals surface area contributed by atoms with Crippen LogP contribution in [0.2, 0.25) is 0 Å². The molecule has 0 heterocycles. The van der Waals surface area contributed by atoms with E-state index in [1.807, 2.05) is 0 Å². The van der Waals surface area contributed by atoms with Crippen molar-refractivity contribution in [2.75, 3.05) is 27.7 Å². The summed E-state index contributed by atoms with van der Waals surface area (Å²) in [5.74, 6) is -0.541. The Morgan fingerprint density at radius 3 is 2.12 bits per heavy atom. The first kappa shape index (κ1) is 20.0. The number of hydrogen-bond acceptors (Lipinski definition) is 3. The molecule has 0 aliphatic rings. The minimum atomic E-state index is -4.36. The van der Waals surface area contributed by atoms with Gasteiger partial charge in [-0.1, -0.05) is 12.1 Å². The SMILES string of the molecule is CC(NC(=O)CN(C)Cc1ccc(C(F)(F)F)cc1)C(=O)N(C)C. The summed E-state index contributed by atoms with van der Waals surface area (Å²) in [4.78, 5) is 26.6. The Labute approximate surface area is 139 Å². The van der Waals surface area contributed by atoms with Crippen molar-refractivity contribution in [2.45, 2.75) is 25.7 Å². The number of nitrogens with one attached hydrogen (secondary N) is 1. The van der Waals surface area contributed by atoms with E-state index in [0.29, 0.717) is 12.1 Å². The Balaban J connectivity index is 2.52. The molecule has 0 radical (unpaired) electrons. The van der Waals surface area contributed by atoms with Gasteiger partial charge in [0.25, 0.3) is 0 Å². The molecule has 1 unspecified atom stereocenters. The highest BCUT2D eigenvalue weighted by atomic mass is 19.4. The first-order chi connectivity index (χ1) is 11.0. The molecule has 1 rings (SSSR count). The molecule has 1 aromatic rings. The van der Waals surface area contributed by atoms with E-state index in [0.717, 1.165) is 12.1 Å².